The Kier molecular flexibility index (Phi) is 5.35. The number of nitriles is 1. The van der Waals surface area contributed by atoms with Crippen molar-refractivity contribution in [1.82, 2.24) is 0 Å². The molecule has 2 N–H and O–H groups in total. The molecule has 1 aromatic rings. The van der Waals surface area contributed by atoms with E-state index >= 15 is 0 Å². The van der Waals surface area contributed by atoms with Crippen LogP contribution >= 0.6 is 0 Å². The molecular weight excluding hydrogens is 246 g/mol. The smallest absolute Gasteiger partial charge is 0.238 e. The summed E-state index contributed by atoms with van der Waals surface area (Å²) in [6, 6.07) is 6.68. The minimum Gasteiger partial charge on any atom is -0.494 e. The van der Waals surface area contributed by atoms with Gasteiger partial charge in [0.05, 0.1) is 24.1 Å². The second-order valence-electron chi connectivity index (χ2n) is 3.70. The van der Waals surface area contributed by atoms with E-state index < -0.39 is 5.91 Å². The molecule has 1 rings (SSSR count). The lowest BCUT2D eigenvalue weighted by Gasteiger charge is -2.12. The molecule has 0 bridgehead atoms. The molecule has 0 atom stereocenters. The number of anilines is 2. The van der Waals surface area contributed by atoms with Gasteiger partial charge in [-0.3, -0.25) is 9.59 Å². The first-order chi connectivity index (χ1) is 9.06. The number of nitrogens with zero attached hydrogens (tertiary/aromatic N) is 1. The van der Waals surface area contributed by atoms with Crippen LogP contribution in [0.4, 0.5) is 11.4 Å². The fraction of sp³-hybridized carbons (Fsp3) is 0.308. The van der Waals surface area contributed by atoms with E-state index in [0.29, 0.717) is 23.7 Å². The Morgan fingerprint density at radius 1 is 1.32 bits per heavy atom. The molecule has 6 nitrogen and oxygen atoms in total. The molecule has 0 heterocycles. The molecule has 6 heteroatoms. The van der Waals surface area contributed by atoms with Crippen molar-refractivity contribution in [2.24, 2.45) is 0 Å². The molecule has 0 saturated carbocycles. The summed E-state index contributed by atoms with van der Waals surface area (Å²) in [5.41, 5.74) is 0.864. The summed E-state index contributed by atoms with van der Waals surface area (Å²) >= 11 is 0. The largest absolute Gasteiger partial charge is 0.494 e. The van der Waals surface area contributed by atoms with Crippen molar-refractivity contribution < 1.29 is 14.3 Å². The van der Waals surface area contributed by atoms with Crippen molar-refractivity contribution in [3.05, 3.63) is 18.2 Å². The Morgan fingerprint density at radius 2 is 2.05 bits per heavy atom. The van der Waals surface area contributed by atoms with E-state index in [9.17, 15) is 9.59 Å². The lowest BCUT2D eigenvalue weighted by atomic mass is 10.2. The van der Waals surface area contributed by atoms with Crippen LogP contribution in [-0.2, 0) is 9.59 Å². The molecule has 0 aromatic heterocycles. The van der Waals surface area contributed by atoms with Gasteiger partial charge >= 0.3 is 0 Å². The minimum absolute atomic E-state index is 0.250. The van der Waals surface area contributed by atoms with Gasteiger partial charge in [-0.05, 0) is 19.1 Å². The van der Waals surface area contributed by atoms with E-state index in [4.69, 9.17) is 10.00 Å². The number of nitrogens with one attached hydrogen (secondary N) is 2. The maximum Gasteiger partial charge on any atom is 0.238 e. The number of hydrogen-bond donors (Lipinski definition) is 2. The second-order valence-corrected chi connectivity index (χ2v) is 3.70. The minimum atomic E-state index is -0.442. The Bertz CT molecular complexity index is 520. The lowest BCUT2D eigenvalue weighted by Crippen LogP contribution is -2.14. The number of carbonyl (C=O) groups excluding carboxylic acids is 2. The third-order valence-corrected chi connectivity index (χ3v) is 2.13. The Morgan fingerprint density at radius 3 is 2.63 bits per heavy atom. The monoisotopic (exact) mass is 261 g/mol. The van der Waals surface area contributed by atoms with E-state index in [2.05, 4.69) is 10.6 Å². The van der Waals surface area contributed by atoms with Crippen LogP contribution < -0.4 is 15.4 Å². The first kappa shape index (κ1) is 14.5. The van der Waals surface area contributed by atoms with Gasteiger partial charge in [0.2, 0.25) is 11.8 Å². The zero-order chi connectivity index (χ0) is 14.3. The quantitative estimate of drug-likeness (QED) is 0.846. The predicted octanol–water partition coefficient (Wildman–Crippen LogP) is 1.90. The molecule has 2 amide bonds. The standard InChI is InChI=1S/C13H15N3O3/c1-3-19-10-4-5-11(15-9(2)17)12(8-10)16-13(18)6-7-14/h4-5,8H,3,6H2,1-2H3,(H,15,17)(H,16,18). The predicted molar refractivity (Wildman–Crippen MR) is 70.8 cm³/mol. The Balaban J connectivity index is 3.00. The van der Waals surface area contributed by atoms with Gasteiger partial charge in [0, 0.05) is 13.0 Å². The molecule has 100 valence electrons. The van der Waals surface area contributed by atoms with E-state index in [1.165, 1.54) is 6.92 Å². The van der Waals surface area contributed by atoms with Gasteiger partial charge in [-0.25, -0.2) is 0 Å². The maximum absolute atomic E-state index is 11.4. The highest BCUT2D eigenvalue weighted by Crippen LogP contribution is 2.27. The van der Waals surface area contributed by atoms with Crippen LogP contribution in [0.25, 0.3) is 0 Å². The van der Waals surface area contributed by atoms with E-state index in [1.807, 2.05) is 6.92 Å². The van der Waals surface area contributed by atoms with E-state index in [1.54, 1.807) is 24.3 Å². The van der Waals surface area contributed by atoms with Gasteiger partial charge in [0.25, 0.3) is 0 Å². The zero-order valence-corrected chi connectivity index (χ0v) is 10.8. The molecular formula is C13H15N3O3. The summed E-state index contributed by atoms with van der Waals surface area (Å²) in [6.45, 7) is 3.71. The van der Waals surface area contributed by atoms with Gasteiger partial charge in [0.15, 0.2) is 0 Å². The molecule has 1 aromatic carbocycles. The van der Waals surface area contributed by atoms with Gasteiger partial charge in [-0.15, -0.1) is 0 Å². The van der Waals surface area contributed by atoms with Gasteiger partial charge < -0.3 is 15.4 Å². The van der Waals surface area contributed by atoms with Crippen LogP contribution in [0.5, 0.6) is 5.75 Å². The van der Waals surface area contributed by atoms with Crippen molar-refractivity contribution in [3.8, 4) is 11.8 Å². The number of rotatable bonds is 5. The highest BCUT2D eigenvalue weighted by Gasteiger charge is 2.09. The third-order valence-electron chi connectivity index (χ3n) is 2.13. The van der Waals surface area contributed by atoms with Crippen LogP contribution in [0.1, 0.15) is 20.3 Å². The van der Waals surface area contributed by atoms with Crippen LogP contribution in [0.3, 0.4) is 0 Å². The number of carbonyl (C=O) groups is 2. The number of amides is 2. The SMILES string of the molecule is CCOc1ccc(NC(C)=O)c(NC(=O)CC#N)c1. The van der Waals surface area contributed by atoms with Crippen LogP contribution in [0.2, 0.25) is 0 Å². The third kappa shape index (κ3) is 4.68. The zero-order valence-electron chi connectivity index (χ0n) is 10.8. The molecule has 0 saturated heterocycles. The summed E-state index contributed by atoms with van der Waals surface area (Å²) in [5.74, 6) is -0.119. The summed E-state index contributed by atoms with van der Waals surface area (Å²) < 4.78 is 5.32. The van der Waals surface area contributed by atoms with Crippen molar-refractivity contribution in [2.45, 2.75) is 20.3 Å². The average molecular weight is 261 g/mol. The van der Waals surface area contributed by atoms with Gasteiger partial charge in [-0.1, -0.05) is 0 Å². The summed E-state index contributed by atoms with van der Waals surface area (Å²) in [4.78, 5) is 22.5. The van der Waals surface area contributed by atoms with Crippen molar-refractivity contribution in [2.75, 3.05) is 17.2 Å². The molecule has 0 radical (unpaired) electrons. The molecule has 0 aliphatic rings. The van der Waals surface area contributed by atoms with Crippen LogP contribution in [0, 0.1) is 11.3 Å². The molecule has 0 spiro atoms. The Hall–Kier alpha value is -2.55. The number of benzene rings is 1. The normalized spacial score (nSPS) is 9.32. The molecule has 0 aliphatic carbocycles. The maximum atomic E-state index is 11.4. The van der Waals surface area contributed by atoms with E-state index in [-0.39, 0.29) is 12.3 Å². The highest BCUT2D eigenvalue weighted by atomic mass is 16.5. The fourth-order valence-corrected chi connectivity index (χ4v) is 1.45. The average Bonchev–Trinajstić information content (AvgIpc) is 2.32. The van der Waals surface area contributed by atoms with Crippen LogP contribution in [-0.4, -0.2) is 18.4 Å². The fourth-order valence-electron chi connectivity index (χ4n) is 1.45. The Labute approximate surface area is 111 Å². The molecule has 0 aliphatic heterocycles. The van der Waals surface area contributed by atoms with Crippen molar-refractivity contribution in [1.29, 1.82) is 5.26 Å². The number of ether oxygens (including phenoxy) is 1. The van der Waals surface area contributed by atoms with Gasteiger partial charge in [0.1, 0.15) is 12.2 Å². The van der Waals surface area contributed by atoms with Crippen molar-refractivity contribution >= 4 is 23.2 Å². The summed E-state index contributed by atoms with van der Waals surface area (Å²) in [5, 5.41) is 13.6. The first-order valence-electron chi connectivity index (χ1n) is 5.78. The molecule has 0 unspecified atom stereocenters. The topological polar surface area (TPSA) is 91.2 Å². The molecule has 0 fully saturated rings. The number of hydrogen-bond acceptors (Lipinski definition) is 4. The summed E-state index contributed by atoms with van der Waals surface area (Å²) in [6.07, 6.45) is -0.252. The van der Waals surface area contributed by atoms with Gasteiger partial charge in [-0.2, -0.15) is 5.26 Å². The second kappa shape index (κ2) is 7.01. The highest BCUT2D eigenvalue weighted by molar-refractivity contribution is 5.99. The van der Waals surface area contributed by atoms with Crippen molar-refractivity contribution in [3.63, 3.8) is 0 Å². The lowest BCUT2D eigenvalue weighted by molar-refractivity contribution is -0.115. The summed E-state index contributed by atoms with van der Waals surface area (Å²) in [7, 11) is 0. The molecule has 19 heavy (non-hydrogen) atoms. The first-order valence-corrected chi connectivity index (χ1v) is 5.78. The van der Waals surface area contributed by atoms with Crippen LogP contribution in [0.15, 0.2) is 18.2 Å². The van der Waals surface area contributed by atoms with E-state index in [0.717, 1.165) is 0 Å².